The van der Waals surface area contributed by atoms with Gasteiger partial charge in [-0.2, -0.15) is 4.31 Å². The van der Waals surface area contributed by atoms with Gasteiger partial charge in [0.25, 0.3) is 0 Å². The van der Waals surface area contributed by atoms with Crippen molar-refractivity contribution < 1.29 is 12.8 Å². The van der Waals surface area contributed by atoms with Gasteiger partial charge in [0.05, 0.1) is 5.75 Å². The molecule has 2 aliphatic rings. The number of aryl methyl sites for hydroxylation is 1. The number of anilines is 1. The number of benzene rings is 1. The van der Waals surface area contributed by atoms with E-state index in [1.807, 2.05) is 13.8 Å². The van der Waals surface area contributed by atoms with E-state index in [0.29, 0.717) is 55.5 Å². The smallest absolute Gasteiger partial charge is 0.214 e. The standard InChI is InChI=1S/C22H28ClFN4O2S/c1-3-13-31(29,30)28-11-9-27(10-12-28)22-17(14-18-19(23)5-4-6-20(18)24)15(2)25-21(26-22)16-7-8-16/h4-6,16H,3,7-14H2,1-2H3. The molecule has 6 nitrogen and oxygen atoms in total. The molecule has 9 heteroatoms. The average Bonchev–Trinajstić information content (AvgIpc) is 3.57. The molecule has 1 saturated heterocycles. The third-order valence-electron chi connectivity index (χ3n) is 5.96. The van der Waals surface area contributed by atoms with Crippen LogP contribution in [0.25, 0.3) is 0 Å². The van der Waals surface area contributed by atoms with Crippen molar-refractivity contribution >= 4 is 27.4 Å². The fraction of sp³-hybridized carbons (Fsp3) is 0.545. The van der Waals surface area contributed by atoms with Crippen molar-refractivity contribution in [3.8, 4) is 0 Å². The zero-order valence-corrected chi connectivity index (χ0v) is 19.5. The molecule has 1 aliphatic heterocycles. The highest BCUT2D eigenvalue weighted by Gasteiger charge is 2.32. The molecule has 31 heavy (non-hydrogen) atoms. The lowest BCUT2D eigenvalue weighted by molar-refractivity contribution is 0.383. The minimum atomic E-state index is -3.22. The quantitative estimate of drug-likeness (QED) is 0.619. The van der Waals surface area contributed by atoms with Crippen molar-refractivity contribution in [1.29, 1.82) is 0 Å². The molecule has 1 aromatic heterocycles. The van der Waals surface area contributed by atoms with Crippen LogP contribution in [0.5, 0.6) is 0 Å². The van der Waals surface area contributed by atoms with E-state index in [-0.39, 0.29) is 11.6 Å². The molecule has 2 heterocycles. The Hall–Kier alpha value is -1.77. The summed E-state index contributed by atoms with van der Waals surface area (Å²) in [7, 11) is -3.22. The normalized spacial score (nSPS) is 17.9. The van der Waals surface area contributed by atoms with E-state index in [0.717, 1.165) is 35.7 Å². The molecule has 1 aliphatic carbocycles. The van der Waals surface area contributed by atoms with Crippen LogP contribution in [0.1, 0.15) is 54.7 Å². The summed E-state index contributed by atoms with van der Waals surface area (Å²) in [6.45, 7) is 5.73. The van der Waals surface area contributed by atoms with Crippen molar-refractivity contribution in [2.24, 2.45) is 0 Å². The van der Waals surface area contributed by atoms with Gasteiger partial charge < -0.3 is 4.90 Å². The van der Waals surface area contributed by atoms with E-state index in [1.54, 1.807) is 16.4 Å². The van der Waals surface area contributed by atoms with Crippen molar-refractivity contribution in [2.75, 3.05) is 36.8 Å². The minimum Gasteiger partial charge on any atom is -0.354 e. The Labute approximate surface area is 188 Å². The van der Waals surface area contributed by atoms with Crippen LogP contribution in [0.2, 0.25) is 5.02 Å². The van der Waals surface area contributed by atoms with Crippen molar-refractivity contribution in [2.45, 2.75) is 45.4 Å². The van der Waals surface area contributed by atoms with Gasteiger partial charge in [0.1, 0.15) is 17.5 Å². The summed E-state index contributed by atoms with van der Waals surface area (Å²) in [5.41, 5.74) is 2.11. The number of aromatic nitrogens is 2. The van der Waals surface area contributed by atoms with Gasteiger partial charge in [0.15, 0.2) is 0 Å². The van der Waals surface area contributed by atoms with E-state index in [4.69, 9.17) is 21.6 Å². The Morgan fingerprint density at radius 3 is 2.45 bits per heavy atom. The van der Waals surface area contributed by atoms with E-state index < -0.39 is 10.0 Å². The van der Waals surface area contributed by atoms with E-state index in [2.05, 4.69) is 4.90 Å². The molecular formula is C22H28ClFN4O2S. The van der Waals surface area contributed by atoms with Gasteiger partial charge >= 0.3 is 0 Å². The highest BCUT2D eigenvalue weighted by Crippen LogP contribution is 2.40. The van der Waals surface area contributed by atoms with Gasteiger partial charge in [0.2, 0.25) is 10.0 Å². The minimum absolute atomic E-state index is 0.169. The molecule has 0 N–H and O–H groups in total. The molecule has 0 unspecified atom stereocenters. The Morgan fingerprint density at radius 1 is 1.13 bits per heavy atom. The van der Waals surface area contributed by atoms with Crippen LogP contribution in [0, 0.1) is 12.7 Å². The molecule has 0 spiro atoms. The fourth-order valence-electron chi connectivity index (χ4n) is 4.04. The van der Waals surface area contributed by atoms with Gasteiger partial charge in [-0.15, -0.1) is 0 Å². The Bertz CT molecular complexity index is 1050. The molecule has 0 bridgehead atoms. The van der Waals surface area contributed by atoms with Gasteiger partial charge in [-0.25, -0.2) is 22.8 Å². The van der Waals surface area contributed by atoms with Gasteiger partial charge in [-0.05, 0) is 38.3 Å². The number of halogens is 2. The molecular weight excluding hydrogens is 439 g/mol. The molecule has 168 valence electrons. The molecule has 1 saturated carbocycles. The zero-order valence-electron chi connectivity index (χ0n) is 17.9. The van der Waals surface area contributed by atoms with E-state index >= 15 is 0 Å². The van der Waals surface area contributed by atoms with Crippen LogP contribution < -0.4 is 4.90 Å². The Balaban J connectivity index is 1.65. The average molecular weight is 467 g/mol. The van der Waals surface area contributed by atoms with Gasteiger partial charge in [-0.1, -0.05) is 24.6 Å². The molecule has 2 fully saturated rings. The second-order valence-corrected chi connectivity index (χ2v) is 10.8. The second-order valence-electron chi connectivity index (χ2n) is 8.32. The lowest BCUT2D eigenvalue weighted by Crippen LogP contribution is -2.49. The lowest BCUT2D eigenvalue weighted by Gasteiger charge is -2.36. The molecule has 1 aromatic carbocycles. The van der Waals surface area contributed by atoms with Crippen LogP contribution in [-0.2, 0) is 16.4 Å². The van der Waals surface area contributed by atoms with Gasteiger partial charge in [-0.3, -0.25) is 0 Å². The summed E-state index contributed by atoms with van der Waals surface area (Å²) in [6.07, 6.45) is 3.07. The lowest BCUT2D eigenvalue weighted by atomic mass is 10.0. The Morgan fingerprint density at radius 2 is 1.84 bits per heavy atom. The number of rotatable bonds is 7. The SMILES string of the molecule is CCCS(=O)(=O)N1CCN(c2nc(C3CC3)nc(C)c2Cc2c(F)cccc2Cl)CC1. The maximum Gasteiger partial charge on any atom is 0.214 e. The van der Waals surface area contributed by atoms with Crippen LogP contribution in [0.15, 0.2) is 18.2 Å². The number of hydrogen-bond donors (Lipinski definition) is 0. The zero-order chi connectivity index (χ0) is 22.2. The first kappa shape index (κ1) is 22.4. The van der Waals surface area contributed by atoms with Crippen molar-refractivity contribution in [1.82, 2.24) is 14.3 Å². The molecule has 0 amide bonds. The van der Waals surface area contributed by atoms with E-state index in [1.165, 1.54) is 6.07 Å². The molecule has 4 rings (SSSR count). The highest BCUT2D eigenvalue weighted by molar-refractivity contribution is 7.89. The number of hydrogen-bond acceptors (Lipinski definition) is 5. The van der Waals surface area contributed by atoms with Crippen LogP contribution in [-0.4, -0.2) is 54.6 Å². The summed E-state index contributed by atoms with van der Waals surface area (Å²) < 4.78 is 41.0. The fourth-order valence-corrected chi connectivity index (χ4v) is 5.76. The first-order chi connectivity index (χ1) is 14.8. The monoisotopic (exact) mass is 466 g/mol. The highest BCUT2D eigenvalue weighted by atomic mass is 35.5. The van der Waals surface area contributed by atoms with Crippen LogP contribution in [0.3, 0.4) is 0 Å². The number of sulfonamides is 1. The largest absolute Gasteiger partial charge is 0.354 e. The van der Waals surface area contributed by atoms with E-state index in [9.17, 15) is 12.8 Å². The van der Waals surface area contributed by atoms with Gasteiger partial charge in [0, 0.05) is 60.4 Å². The van der Waals surface area contributed by atoms with Crippen molar-refractivity contribution in [3.05, 3.63) is 51.7 Å². The summed E-state index contributed by atoms with van der Waals surface area (Å²) in [5, 5.41) is 0.382. The van der Waals surface area contributed by atoms with Crippen LogP contribution >= 0.6 is 11.6 Å². The third-order valence-corrected chi connectivity index (χ3v) is 8.39. The van der Waals surface area contributed by atoms with Crippen LogP contribution in [0.4, 0.5) is 10.2 Å². The molecule has 2 aromatic rings. The number of piperazine rings is 1. The summed E-state index contributed by atoms with van der Waals surface area (Å²) in [4.78, 5) is 11.7. The summed E-state index contributed by atoms with van der Waals surface area (Å²) >= 11 is 6.29. The third kappa shape index (κ3) is 4.86. The second kappa shape index (κ2) is 9.00. The topological polar surface area (TPSA) is 66.4 Å². The first-order valence-corrected chi connectivity index (χ1v) is 12.8. The molecule has 0 atom stereocenters. The molecule has 0 radical (unpaired) electrons. The summed E-state index contributed by atoms with van der Waals surface area (Å²) in [6, 6.07) is 4.69. The predicted molar refractivity (Wildman–Crippen MR) is 121 cm³/mol. The maximum absolute atomic E-state index is 14.5. The maximum atomic E-state index is 14.5. The first-order valence-electron chi connectivity index (χ1n) is 10.8. The number of nitrogens with zero attached hydrogens (tertiary/aromatic N) is 4. The van der Waals surface area contributed by atoms with Crippen molar-refractivity contribution in [3.63, 3.8) is 0 Å². The summed E-state index contributed by atoms with van der Waals surface area (Å²) in [5.74, 6) is 1.81. The predicted octanol–water partition coefficient (Wildman–Crippen LogP) is 3.91. The Kier molecular flexibility index (Phi) is 6.51.